The maximum atomic E-state index is 12.4. The van der Waals surface area contributed by atoms with Crippen LogP contribution in [0.2, 0.25) is 0 Å². The van der Waals surface area contributed by atoms with Gasteiger partial charge in [-0.25, -0.2) is 4.98 Å². The van der Waals surface area contributed by atoms with Crippen molar-refractivity contribution in [2.24, 2.45) is 0 Å². The molecule has 6 nitrogen and oxygen atoms in total. The molecule has 1 heterocycles. The number of nitrogens with one attached hydrogen (secondary N) is 2. The van der Waals surface area contributed by atoms with Crippen molar-refractivity contribution in [2.45, 2.75) is 33.2 Å². The molecule has 2 amide bonds. The zero-order valence-corrected chi connectivity index (χ0v) is 14.0. The Morgan fingerprint density at radius 2 is 1.96 bits per heavy atom. The summed E-state index contributed by atoms with van der Waals surface area (Å²) in [6.45, 7) is 5.35. The van der Waals surface area contributed by atoms with Crippen LogP contribution in [0.25, 0.3) is 0 Å². The molecule has 7 heteroatoms. The van der Waals surface area contributed by atoms with E-state index in [0.717, 1.165) is 16.9 Å². The minimum atomic E-state index is -0.238. The van der Waals surface area contributed by atoms with Crippen LogP contribution in [0, 0.1) is 6.92 Å². The molecule has 0 saturated heterocycles. The number of rotatable bonds is 5. The van der Waals surface area contributed by atoms with Crippen LogP contribution < -0.4 is 10.6 Å². The zero-order chi connectivity index (χ0) is 17.0. The SMILES string of the molecule is CCC(=O)Nc1nc(C)c(C(=O)N[C@@H](C)c2ccc(O)cc2)s1. The second kappa shape index (κ2) is 7.23. The number of thiazole rings is 1. The number of anilines is 1. The summed E-state index contributed by atoms with van der Waals surface area (Å²) in [5.74, 6) is -0.192. The average molecular weight is 333 g/mol. The van der Waals surface area contributed by atoms with Crippen molar-refractivity contribution in [1.82, 2.24) is 10.3 Å². The Hall–Kier alpha value is -2.41. The van der Waals surface area contributed by atoms with Crippen molar-refractivity contribution in [1.29, 1.82) is 0 Å². The van der Waals surface area contributed by atoms with E-state index >= 15 is 0 Å². The quantitative estimate of drug-likeness (QED) is 0.784. The molecule has 0 aliphatic rings. The summed E-state index contributed by atoms with van der Waals surface area (Å²) >= 11 is 1.16. The van der Waals surface area contributed by atoms with Crippen LogP contribution in [-0.2, 0) is 4.79 Å². The first kappa shape index (κ1) is 17.0. The molecule has 0 bridgehead atoms. The number of hydrogen-bond donors (Lipinski definition) is 3. The number of carbonyl (C=O) groups excluding carboxylic acids is 2. The molecule has 0 aliphatic carbocycles. The molecule has 1 aromatic heterocycles. The van der Waals surface area contributed by atoms with Gasteiger partial charge in [0.25, 0.3) is 5.91 Å². The fourth-order valence-electron chi connectivity index (χ4n) is 1.98. The molecule has 122 valence electrons. The summed E-state index contributed by atoms with van der Waals surface area (Å²) < 4.78 is 0. The van der Waals surface area contributed by atoms with E-state index in [4.69, 9.17) is 0 Å². The number of nitrogens with zero attached hydrogens (tertiary/aromatic N) is 1. The fraction of sp³-hybridized carbons (Fsp3) is 0.312. The van der Waals surface area contributed by atoms with E-state index in [-0.39, 0.29) is 23.6 Å². The Bertz CT molecular complexity index is 710. The van der Waals surface area contributed by atoms with Gasteiger partial charge in [-0.3, -0.25) is 9.59 Å². The lowest BCUT2D eigenvalue weighted by atomic mass is 10.1. The first-order chi connectivity index (χ1) is 10.9. The summed E-state index contributed by atoms with van der Waals surface area (Å²) in [4.78, 5) is 28.5. The highest BCUT2D eigenvalue weighted by Crippen LogP contribution is 2.24. The van der Waals surface area contributed by atoms with Crippen LogP contribution in [-0.4, -0.2) is 21.9 Å². The normalized spacial score (nSPS) is 11.8. The number of aromatic nitrogens is 1. The summed E-state index contributed by atoms with van der Waals surface area (Å²) in [5.41, 5.74) is 1.47. The first-order valence-corrected chi connectivity index (χ1v) is 8.09. The van der Waals surface area contributed by atoms with Crippen molar-refractivity contribution >= 4 is 28.3 Å². The number of benzene rings is 1. The molecule has 0 radical (unpaired) electrons. The van der Waals surface area contributed by atoms with Gasteiger partial charge >= 0.3 is 0 Å². The molecule has 1 atom stereocenters. The molecule has 0 fully saturated rings. The largest absolute Gasteiger partial charge is 0.508 e. The Morgan fingerprint density at radius 1 is 1.30 bits per heavy atom. The van der Waals surface area contributed by atoms with Crippen LogP contribution in [0.1, 0.15) is 47.2 Å². The number of aromatic hydroxyl groups is 1. The molecule has 0 unspecified atom stereocenters. The number of carbonyl (C=O) groups is 2. The summed E-state index contributed by atoms with van der Waals surface area (Å²) in [6.07, 6.45) is 0.359. The van der Waals surface area contributed by atoms with Gasteiger partial charge in [0.1, 0.15) is 10.6 Å². The van der Waals surface area contributed by atoms with Gasteiger partial charge in [-0.2, -0.15) is 0 Å². The first-order valence-electron chi connectivity index (χ1n) is 7.27. The Balaban J connectivity index is 2.08. The summed E-state index contributed by atoms with van der Waals surface area (Å²) in [5, 5.41) is 15.3. The van der Waals surface area contributed by atoms with Gasteiger partial charge in [0.15, 0.2) is 5.13 Å². The Morgan fingerprint density at radius 3 is 2.57 bits per heavy atom. The van der Waals surface area contributed by atoms with E-state index < -0.39 is 0 Å². The lowest BCUT2D eigenvalue weighted by molar-refractivity contribution is -0.115. The van der Waals surface area contributed by atoms with Crippen molar-refractivity contribution < 1.29 is 14.7 Å². The minimum absolute atomic E-state index is 0.136. The zero-order valence-electron chi connectivity index (χ0n) is 13.2. The molecular weight excluding hydrogens is 314 g/mol. The van der Waals surface area contributed by atoms with Crippen molar-refractivity contribution in [3.05, 3.63) is 40.4 Å². The predicted octanol–water partition coefficient (Wildman–Crippen LogP) is 3.00. The molecule has 1 aromatic carbocycles. The van der Waals surface area contributed by atoms with Crippen LogP contribution in [0.4, 0.5) is 5.13 Å². The lowest BCUT2D eigenvalue weighted by Gasteiger charge is -2.13. The van der Waals surface area contributed by atoms with E-state index in [1.165, 1.54) is 0 Å². The highest BCUT2D eigenvalue weighted by molar-refractivity contribution is 7.17. The summed E-state index contributed by atoms with van der Waals surface area (Å²) in [7, 11) is 0. The maximum absolute atomic E-state index is 12.4. The van der Waals surface area contributed by atoms with E-state index in [0.29, 0.717) is 22.1 Å². The molecule has 0 spiro atoms. The van der Waals surface area contributed by atoms with Gasteiger partial charge in [0.05, 0.1) is 11.7 Å². The van der Waals surface area contributed by atoms with Crippen LogP contribution >= 0.6 is 11.3 Å². The monoisotopic (exact) mass is 333 g/mol. The van der Waals surface area contributed by atoms with Crippen molar-refractivity contribution in [2.75, 3.05) is 5.32 Å². The molecular formula is C16H19N3O3S. The molecule has 0 aliphatic heterocycles. The van der Waals surface area contributed by atoms with Crippen LogP contribution in [0.3, 0.4) is 0 Å². The van der Waals surface area contributed by atoms with Gasteiger partial charge in [-0.1, -0.05) is 30.4 Å². The number of aryl methyl sites for hydroxylation is 1. The number of hydrogen-bond acceptors (Lipinski definition) is 5. The second-order valence-corrected chi connectivity index (χ2v) is 6.12. The smallest absolute Gasteiger partial charge is 0.263 e. The number of phenolic OH excluding ortho intramolecular Hbond substituents is 1. The topological polar surface area (TPSA) is 91.3 Å². The minimum Gasteiger partial charge on any atom is -0.508 e. The fourth-order valence-corrected chi connectivity index (χ4v) is 2.86. The molecule has 2 rings (SSSR count). The molecule has 0 saturated carbocycles. The van der Waals surface area contributed by atoms with E-state index in [9.17, 15) is 14.7 Å². The van der Waals surface area contributed by atoms with Gasteiger partial charge in [0, 0.05) is 6.42 Å². The average Bonchev–Trinajstić information content (AvgIpc) is 2.88. The third-order valence-corrected chi connectivity index (χ3v) is 4.38. The highest BCUT2D eigenvalue weighted by Gasteiger charge is 2.18. The molecule has 2 aromatic rings. The lowest BCUT2D eigenvalue weighted by Crippen LogP contribution is -2.26. The van der Waals surface area contributed by atoms with Gasteiger partial charge in [0.2, 0.25) is 5.91 Å². The van der Waals surface area contributed by atoms with Crippen molar-refractivity contribution in [3.8, 4) is 5.75 Å². The van der Waals surface area contributed by atoms with Crippen LogP contribution in [0.5, 0.6) is 5.75 Å². The van der Waals surface area contributed by atoms with Gasteiger partial charge < -0.3 is 15.7 Å². The van der Waals surface area contributed by atoms with E-state index in [1.807, 2.05) is 6.92 Å². The maximum Gasteiger partial charge on any atom is 0.263 e. The standard InChI is InChI=1S/C16H19N3O3S/c1-4-13(21)19-16-18-10(3)14(23-16)15(22)17-9(2)11-5-7-12(20)8-6-11/h5-9,20H,4H2,1-3H3,(H,17,22)(H,18,19,21)/t9-/m0/s1. The summed E-state index contributed by atoms with van der Waals surface area (Å²) in [6, 6.07) is 6.46. The van der Waals surface area contributed by atoms with Gasteiger partial charge in [-0.05, 0) is 31.5 Å². The molecule has 3 N–H and O–H groups in total. The third kappa shape index (κ3) is 4.29. The Labute approximate surface area is 138 Å². The highest BCUT2D eigenvalue weighted by atomic mass is 32.1. The predicted molar refractivity (Wildman–Crippen MR) is 89.8 cm³/mol. The number of amides is 2. The Kier molecular flexibility index (Phi) is 5.33. The van der Waals surface area contributed by atoms with Crippen LogP contribution in [0.15, 0.2) is 24.3 Å². The van der Waals surface area contributed by atoms with Crippen molar-refractivity contribution in [3.63, 3.8) is 0 Å². The van der Waals surface area contributed by atoms with E-state index in [1.54, 1.807) is 38.1 Å². The van der Waals surface area contributed by atoms with Gasteiger partial charge in [-0.15, -0.1) is 0 Å². The van der Waals surface area contributed by atoms with E-state index in [2.05, 4.69) is 15.6 Å². The third-order valence-electron chi connectivity index (χ3n) is 3.31. The second-order valence-electron chi connectivity index (χ2n) is 5.12. The number of phenols is 1. The molecule has 23 heavy (non-hydrogen) atoms.